The fraction of sp³-hybridized carbons (Fsp3) is 0.375. The molecule has 1 heterocycles. The zero-order chi connectivity index (χ0) is 15.1. The van der Waals surface area contributed by atoms with Gasteiger partial charge >= 0.3 is 6.03 Å². The topological polar surface area (TPSA) is 54.0 Å². The van der Waals surface area contributed by atoms with E-state index < -0.39 is 0 Å². The van der Waals surface area contributed by atoms with Crippen LogP contribution in [0.25, 0.3) is 0 Å². The van der Waals surface area contributed by atoms with Crippen LogP contribution in [-0.4, -0.2) is 17.6 Å². The van der Waals surface area contributed by atoms with Gasteiger partial charge in [0.2, 0.25) is 0 Å². The molecule has 0 aliphatic carbocycles. The average molecular weight is 303 g/mol. The van der Waals surface area contributed by atoms with E-state index in [2.05, 4.69) is 34.7 Å². The number of nitrogens with one attached hydrogen (secondary N) is 2. The van der Waals surface area contributed by atoms with Crippen LogP contribution in [0.1, 0.15) is 35.5 Å². The van der Waals surface area contributed by atoms with E-state index in [-0.39, 0.29) is 6.03 Å². The highest BCUT2D eigenvalue weighted by Crippen LogP contribution is 2.17. The molecule has 1 aromatic carbocycles. The number of aryl methyl sites for hydroxylation is 1. The molecule has 0 bridgehead atoms. The first-order valence-electron chi connectivity index (χ1n) is 7.13. The summed E-state index contributed by atoms with van der Waals surface area (Å²) in [5.41, 5.74) is 2.30. The molecule has 2 amide bonds. The maximum absolute atomic E-state index is 11.7. The number of hydrogen-bond acceptors (Lipinski definition) is 3. The SMILES string of the molecule is Cc1csc(CNC(=O)NCCC(C)c2ccccc2)n1. The number of hydrogen-bond donors (Lipinski definition) is 2. The molecule has 4 nitrogen and oxygen atoms in total. The molecule has 0 radical (unpaired) electrons. The number of aromatic nitrogens is 1. The summed E-state index contributed by atoms with van der Waals surface area (Å²) in [6, 6.07) is 10.2. The minimum absolute atomic E-state index is 0.136. The lowest BCUT2D eigenvalue weighted by molar-refractivity contribution is 0.240. The Balaban J connectivity index is 1.65. The third-order valence-electron chi connectivity index (χ3n) is 3.30. The van der Waals surface area contributed by atoms with Crippen molar-refractivity contribution in [3.63, 3.8) is 0 Å². The van der Waals surface area contributed by atoms with Crippen LogP contribution in [0.4, 0.5) is 4.79 Å². The van der Waals surface area contributed by atoms with Crippen LogP contribution < -0.4 is 10.6 Å². The molecular formula is C16H21N3OS. The van der Waals surface area contributed by atoms with E-state index in [9.17, 15) is 4.79 Å². The summed E-state index contributed by atoms with van der Waals surface area (Å²) in [6.07, 6.45) is 0.924. The van der Waals surface area contributed by atoms with Crippen LogP contribution in [0.5, 0.6) is 0 Å². The van der Waals surface area contributed by atoms with Crippen molar-refractivity contribution in [3.05, 3.63) is 52.0 Å². The number of carbonyl (C=O) groups excluding carboxylic acids is 1. The second kappa shape index (κ2) is 7.78. The molecule has 1 aromatic heterocycles. The van der Waals surface area contributed by atoms with E-state index in [0.717, 1.165) is 17.1 Å². The third kappa shape index (κ3) is 5.19. The first-order valence-corrected chi connectivity index (χ1v) is 8.01. The minimum atomic E-state index is -0.136. The molecule has 2 N–H and O–H groups in total. The smallest absolute Gasteiger partial charge is 0.315 e. The molecule has 5 heteroatoms. The number of amides is 2. The van der Waals surface area contributed by atoms with Gasteiger partial charge in [0.25, 0.3) is 0 Å². The Kier molecular flexibility index (Phi) is 5.75. The van der Waals surface area contributed by atoms with Gasteiger partial charge in [0.05, 0.1) is 6.54 Å². The van der Waals surface area contributed by atoms with Crippen molar-refractivity contribution in [1.82, 2.24) is 15.6 Å². The Bertz CT molecular complexity index is 568. The molecule has 112 valence electrons. The fourth-order valence-corrected chi connectivity index (χ4v) is 2.76. The normalized spacial score (nSPS) is 11.9. The second-order valence-corrected chi connectivity index (χ2v) is 6.04. The fourth-order valence-electron chi connectivity index (χ4n) is 2.05. The van der Waals surface area contributed by atoms with Gasteiger partial charge in [-0.05, 0) is 24.8 Å². The number of thiazole rings is 1. The molecule has 1 unspecified atom stereocenters. The van der Waals surface area contributed by atoms with E-state index in [1.807, 2.05) is 30.5 Å². The number of rotatable bonds is 6. The van der Waals surface area contributed by atoms with Crippen LogP contribution in [0.2, 0.25) is 0 Å². The third-order valence-corrected chi connectivity index (χ3v) is 4.26. The molecule has 1 atom stereocenters. The summed E-state index contributed by atoms with van der Waals surface area (Å²) in [5.74, 6) is 0.438. The van der Waals surface area contributed by atoms with E-state index in [1.165, 1.54) is 5.56 Å². The van der Waals surface area contributed by atoms with E-state index in [1.54, 1.807) is 11.3 Å². The highest BCUT2D eigenvalue weighted by Gasteiger charge is 2.06. The first-order chi connectivity index (χ1) is 10.1. The summed E-state index contributed by atoms with van der Waals surface area (Å²) in [5, 5.41) is 8.62. The number of carbonyl (C=O) groups is 1. The van der Waals surface area contributed by atoms with Gasteiger partial charge in [-0.3, -0.25) is 0 Å². The van der Waals surface area contributed by atoms with Crippen molar-refractivity contribution in [2.75, 3.05) is 6.54 Å². The summed E-state index contributed by atoms with van der Waals surface area (Å²) in [6.45, 7) is 5.27. The lowest BCUT2D eigenvalue weighted by Gasteiger charge is -2.12. The van der Waals surface area contributed by atoms with Crippen LogP contribution in [0.3, 0.4) is 0 Å². The van der Waals surface area contributed by atoms with Gasteiger partial charge in [-0.1, -0.05) is 37.3 Å². The molecule has 0 saturated carbocycles. The Morgan fingerprint density at radius 2 is 2.05 bits per heavy atom. The highest BCUT2D eigenvalue weighted by molar-refractivity contribution is 7.09. The Morgan fingerprint density at radius 1 is 1.29 bits per heavy atom. The zero-order valence-electron chi connectivity index (χ0n) is 12.4. The van der Waals surface area contributed by atoms with Crippen molar-refractivity contribution in [2.24, 2.45) is 0 Å². The number of benzene rings is 1. The van der Waals surface area contributed by atoms with Gasteiger partial charge in [0, 0.05) is 17.6 Å². The molecule has 0 fully saturated rings. The monoisotopic (exact) mass is 303 g/mol. The second-order valence-electron chi connectivity index (χ2n) is 5.09. The molecule has 0 aliphatic rings. The van der Waals surface area contributed by atoms with Crippen LogP contribution in [0, 0.1) is 6.92 Å². The quantitative estimate of drug-likeness (QED) is 0.859. The van der Waals surface area contributed by atoms with Crippen LogP contribution in [0.15, 0.2) is 35.7 Å². The molecule has 0 spiro atoms. The first kappa shape index (κ1) is 15.5. The van der Waals surface area contributed by atoms with Crippen LogP contribution in [-0.2, 0) is 6.54 Å². The molecule has 2 aromatic rings. The summed E-state index contributed by atoms with van der Waals surface area (Å²) in [4.78, 5) is 16.0. The summed E-state index contributed by atoms with van der Waals surface area (Å²) < 4.78 is 0. The van der Waals surface area contributed by atoms with Crippen molar-refractivity contribution in [3.8, 4) is 0 Å². The van der Waals surface area contributed by atoms with E-state index in [0.29, 0.717) is 19.0 Å². The Labute approximate surface area is 129 Å². The van der Waals surface area contributed by atoms with Crippen molar-refractivity contribution >= 4 is 17.4 Å². The lowest BCUT2D eigenvalue weighted by Crippen LogP contribution is -2.35. The largest absolute Gasteiger partial charge is 0.338 e. The predicted molar refractivity (Wildman–Crippen MR) is 86.6 cm³/mol. The van der Waals surface area contributed by atoms with Crippen molar-refractivity contribution in [1.29, 1.82) is 0 Å². The van der Waals surface area contributed by atoms with Crippen molar-refractivity contribution < 1.29 is 4.79 Å². The van der Waals surface area contributed by atoms with Crippen LogP contribution >= 0.6 is 11.3 Å². The molecule has 2 rings (SSSR count). The number of urea groups is 1. The van der Waals surface area contributed by atoms with Gasteiger partial charge in [0.15, 0.2) is 0 Å². The summed E-state index contributed by atoms with van der Waals surface area (Å²) >= 11 is 1.56. The summed E-state index contributed by atoms with van der Waals surface area (Å²) in [7, 11) is 0. The van der Waals surface area contributed by atoms with E-state index in [4.69, 9.17) is 0 Å². The molecule has 0 saturated heterocycles. The highest BCUT2D eigenvalue weighted by atomic mass is 32.1. The molecule has 0 aliphatic heterocycles. The predicted octanol–water partition coefficient (Wildman–Crippen LogP) is 3.44. The lowest BCUT2D eigenvalue weighted by atomic mass is 9.98. The number of nitrogens with zero attached hydrogens (tertiary/aromatic N) is 1. The Morgan fingerprint density at radius 3 is 2.71 bits per heavy atom. The van der Waals surface area contributed by atoms with Crippen molar-refractivity contribution in [2.45, 2.75) is 32.7 Å². The maximum atomic E-state index is 11.7. The molecule has 21 heavy (non-hydrogen) atoms. The maximum Gasteiger partial charge on any atom is 0.315 e. The van der Waals surface area contributed by atoms with Gasteiger partial charge < -0.3 is 10.6 Å². The van der Waals surface area contributed by atoms with Gasteiger partial charge in [-0.2, -0.15) is 0 Å². The minimum Gasteiger partial charge on any atom is -0.338 e. The van der Waals surface area contributed by atoms with Gasteiger partial charge in [-0.15, -0.1) is 11.3 Å². The zero-order valence-corrected chi connectivity index (χ0v) is 13.2. The average Bonchev–Trinajstić information content (AvgIpc) is 2.91. The van der Waals surface area contributed by atoms with Gasteiger partial charge in [-0.25, -0.2) is 9.78 Å². The standard InChI is InChI=1S/C16H21N3OS/c1-12(14-6-4-3-5-7-14)8-9-17-16(20)18-10-15-19-13(2)11-21-15/h3-7,11-12H,8-10H2,1-2H3,(H2,17,18,20). The van der Waals surface area contributed by atoms with E-state index >= 15 is 0 Å². The Hall–Kier alpha value is -1.88. The molecular weight excluding hydrogens is 282 g/mol. The van der Waals surface area contributed by atoms with Gasteiger partial charge in [0.1, 0.15) is 5.01 Å².